The lowest BCUT2D eigenvalue weighted by atomic mass is 9.89. The summed E-state index contributed by atoms with van der Waals surface area (Å²) in [5.74, 6) is -3.47. The lowest BCUT2D eigenvalue weighted by Crippen LogP contribution is -2.53. The van der Waals surface area contributed by atoms with Gasteiger partial charge < -0.3 is 21.7 Å². The fourth-order valence-corrected chi connectivity index (χ4v) is 0.925. The molecule has 14 heavy (non-hydrogen) atoms. The first-order valence-electron chi connectivity index (χ1n) is 5.50. The zero-order chi connectivity index (χ0) is 14.9. The Morgan fingerprint density at radius 3 is 2.36 bits per heavy atom. The third-order valence-electron chi connectivity index (χ3n) is 1.52. The quantitative estimate of drug-likeness (QED) is 0.365. The summed E-state index contributed by atoms with van der Waals surface area (Å²) in [4.78, 5) is 21.6. The maximum absolute atomic E-state index is 11.1. The zero-order valence-electron chi connectivity index (χ0n) is 11.1. The molecular weight excluding hydrogens is 208 g/mol. The van der Waals surface area contributed by atoms with Crippen molar-refractivity contribution in [1.29, 1.82) is 0 Å². The van der Waals surface area contributed by atoms with Crippen LogP contribution in [-0.2, 0) is 9.59 Å². The van der Waals surface area contributed by atoms with Gasteiger partial charge in [0, 0.05) is 11.9 Å². The highest BCUT2D eigenvalue weighted by atomic mass is 32.1. The minimum atomic E-state index is -3.14. The number of carboxylic acid groups (broad SMARTS) is 2. The van der Waals surface area contributed by atoms with Crippen molar-refractivity contribution in [2.45, 2.75) is 24.4 Å². The lowest BCUT2D eigenvalue weighted by molar-refractivity contribution is -0.145. The van der Waals surface area contributed by atoms with Crippen molar-refractivity contribution in [3.8, 4) is 0 Å². The van der Waals surface area contributed by atoms with E-state index in [4.69, 9.17) is 27.2 Å². The molecule has 6 N–H and O–H groups in total. The Bertz CT molecular complexity index is 362. The number of carboxylic acids is 2. The number of hydrogen-bond donors (Lipinski definition) is 5. The van der Waals surface area contributed by atoms with E-state index >= 15 is 0 Å². The molecule has 7 heteroatoms. The van der Waals surface area contributed by atoms with E-state index in [0.29, 0.717) is 0 Å². The first kappa shape index (κ1) is 7.49. The summed E-state index contributed by atoms with van der Waals surface area (Å²) in [5.41, 5.74) is 4.75. The third-order valence-corrected chi connectivity index (χ3v) is 1.63. The van der Waals surface area contributed by atoms with E-state index in [1.807, 2.05) is 0 Å². The van der Waals surface area contributed by atoms with Gasteiger partial charge in [-0.05, 0) is 12.1 Å². The van der Waals surface area contributed by atoms with Gasteiger partial charge in [-0.15, -0.1) is 0 Å². The standard InChI is InChI=1S/C7H14N2O4S/c8-4(5(10)11)3-7(9,1-2-14)6(12)13/h4,14H,1-3,8-9H2,(H,10,11)(H,12,13)/i1D2,2D2. The number of thiol groups is 1. The van der Waals surface area contributed by atoms with E-state index < -0.39 is 42.0 Å². The maximum atomic E-state index is 11.1. The average Bonchev–Trinajstić information content (AvgIpc) is 2.14. The second-order valence-corrected chi connectivity index (χ2v) is 2.89. The molecule has 0 amide bonds. The summed E-state index contributed by atoms with van der Waals surface area (Å²) in [6.07, 6.45) is -4.12. The number of nitrogens with two attached hydrogens (primary N) is 2. The van der Waals surface area contributed by atoms with Crippen molar-refractivity contribution < 1.29 is 25.3 Å². The van der Waals surface area contributed by atoms with Crippen molar-refractivity contribution in [3.05, 3.63) is 0 Å². The van der Waals surface area contributed by atoms with Crippen molar-refractivity contribution in [1.82, 2.24) is 0 Å². The van der Waals surface area contributed by atoms with E-state index in [1.54, 1.807) is 0 Å². The van der Waals surface area contributed by atoms with Crippen LogP contribution in [0.25, 0.3) is 0 Å². The third kappa shape index (κ3) is 3.52. The summed E-state index contributed by atoms with van der Waals surface area (Å²) >= 11 is 3.32. The van der Waals surface area contributed by atoms with Crippen molar-refractivity contribution in [3.63, 3.8) is 0 Å². The Kier molecular flexibility index (Phi) is 2.77. The fourth-order valence-electron chi connectivity index (χ4n) is 0.726. The minimum Gasteiger partial charge on any atom is -0.480 e. The van der Waals surface area contributed by atoms with Crippen molar-refractivity contribution in [2.75, 3.05) is 5.70 Å². The first-order valence-corrected chi connectivity index (χ1v) is 3.95. The highest BCUT2D eigenvalue weighted by Gasteiger charge is 2.36. The molecule has 6 nitrogen and oxygen atoms in total. The summed E-state index contributed by atoms with van der Waals surface area (Å²) in [5, 5.41) is 17.5. The first-order chi connectivity index (χ1) is 7.77. The predicted molar refractivity (Wildman–Crippen MR) is 53.3 cm³/mol. The van der Waals surface area contributed by atoms with E-state index in [9.17, 15) is 9.59 Å². The van der Waals surface area contributed by atoms with Crippen molar-refractivity contribution in [2.24, 2.45) is 11.5 Å². The molecule has 0 aromatic rings. The second-order valence-electron chi connectivity index (χ2n) is 2.66. The van der Waals surface area contributed by atoms with Gasteiger partial charge in [0.2, 0.25) is 0 Å². The second kappa shape index (κ2) is 5.18. The van der Waals surface area contributed by atoms with Gasteiger partial charge >= 0.3 is 11.9 Å². The van der Waals surface area contributed by atoms with E-state index in [0.717, 1.165) is 0 Å². The average molecular weight is 226 g/mol. The molecule has 0 bridgehead atoms. The fraction of sp³-hybridized carbons (Fsp3) is 0.714. The highest BCUT2D eigenvalue weighted by Crippen LogP contribution is 2.15. The van der Waals surface area contributed by atoms with Crippen LogP contribution in [0.5, 0.6) is 0 Å². The summed E-state index contributed by atoms with van der Waals surface area (Å²) in [6, 6.07) is -1.74. The van der Waals surface area contributed by atoms with Gasteiger partial charge in [-0.25, -0.2) is 0 Å². The molecule has 0 aliphatic rings. The number of hydrogen-bond acceptors (Lipinski definition) is 5. The minimum absolute atomic E-state index is 0.981. The van der Waals surface area contributed by atoms with Crippen LogP contribution >= 0.6 is 12.6 Å². The summed E-state index contributed by atoms with van der Waals surface area (Å²) < 4.78 is 29.2. The molecule has 0 saturated heterocycles. The Morgan fingerprint density at radius 1 is 1.57 bits per heavy atom. The topological polar surface area (TPSA) is 127 Å². The van der Waals surface area contributed by atoms with E-state index in [2.05, 4.69) is 12.6 Å². The SMILES string of the molecule is [2H]C([2H])(S)C([2H])([2H])C(N)(CC(N)C(=O)O)C(=O)O. The lowest BCUT2D eigenvalue weighted by Gasteiger charge is -2.25. The van der Waals surface area contributed by atoms with Crippen LogP contribution in [-0.4, -0.2) is 39.4 Å². The normalized spacial score (nSPS) is 23.4. The van der Waals surface area contributed by atoms with Crippen LogP contribution < -0.4 is 11.5 Å². The molecule has 0 aromatic carbocycles. The van der Waals surface area contributed by atoms with Crippen LogP contribution in [0, 0.1) is 0 Å². The summed E-state index contributed by atoms with van der Waals surface area (Å²) in [7, 11) is 0. The zero-order valence-corrected chi connectivity index (χ0v) is 7.99. The molecule has 0 aliphatic heterocycles. The molecule has 0 heterocycles. The molecule has 0 aliphatic carbocycles. The largest absolute Gasteiger partial charge is 0.480 e. The molecule has 0 radical (unpaired) electrons. The molecule has 2 unspecified atom stereocenters. The molecule has 2 atom stereocenters. The molecular formula is C7H14N2O4S. The van der Waals surface area contributed by atoms with E-state index in [1.165, 1.54) is 0 Å². The van der Waals surface area contributed by atoms with Crippen molar-refractivity contribution >= 4 is 24.6 Å². The molecule has 0 spiro atoms. The van der Waals surface area contributed by atoms with Crippen LogP contribution in [0.15, 0.2) is 0 Å². The smallest absolute Gasteiger partial charge is 0.323 e. The number of carbonyl (C=O) groups is 2. The van der Waals surface area contributed by atoms with Gasteiger partial charge in [-0.2, -0.15) is 12.6 Å². The Hall–Kier alpha value is -0.790. The molecule has 82 valence electrons. The van der Waals surface area contributed by atoms with E-state index in [-0.39, 0.29) is 0 Å². The predicted octanol–water partition coefficient (Wildman–Crippen LogP) is -1.11. The van der Waals surface area contributed by atoms with Gasteiger partial charge in [0.05, 0.1) is 0 Å². The van der Waals surface area contributed by atoms with Gasteiger partial charge in [0.1, 0.15) is 11.6 Å². The van der Waals surface area contributed by atoms with Crippen LogP contribution in [0.4, 0.5) is 0 Å². The molecule has 0 fully saturated rings. The van der Waals surface area contributed by atoms with Crippen LogP contribution in [0.3, 0.4) is 0 Å². The molecule has 0 rings (SSSR count). The van der Waals surface area contributed by atoms with Gasteiger partial charge in [-0.3, -0.25) is 9.59 Å². The molecule has 0 aromatic heterocycles. The Balaban J connectivity index is 5.55. The van der Waals surface area contributed by atoms with Gasteiger partial charge in [-0.1, -0.05) is 0 Å². The number of aliphatic carboxylic acids is 2. The maximum Gasteiger partial charge on any atom is 0.323 e. The highest BCUT2D eigenvalue weighted by molar-refractivity contribution is 7.80. The van der Waals surface area contributed by atoms with Crippen LogP contribution in [0.2, 0.25) is 0 Å². The Labute approximate surface area is 92.3 Å². The monoisotopic (exact) mass is 226 g/mol. The molecule has 0 saturated carbocycles. The Morgan fingerprint density at radius 2 is 2.07 bits per heavy atom. The number of rotatable bonds is 6. The summed E-state index contributed by atoms with van der Waals surface area (Å²) in [6.45, 7) is 0. The van der Waals surface area contributed by atoms with Crippen LogP contribution in [0.1, 0.15) is 18.3 Å². The van der Waals surface area contributed by atoms with Gasteiger partial charge in [0.25, 0.3) is 0 Å². The van der Waals surface area contributed by atoms with Gasteiger partial charge in [0.15, 0.2) is 0 Å².